The zero-order chi connectivity index (χ0) is 10.1. The van der Waals surface area contributed by atoms with Gasteiger partial charge in [0.25, 0.3) is 0 Å². The quantitative estimate of drug-likeness (QED) is 0.829. The van der Waals surface area contributed by atoms with Gasteiger partial charge >= 0.3 is 0 Å². The molecule has 1 fully saturated rings. The second kappa shape index (κ2) is 3.95. The molecule has 2 unspecified atom stereocenters. The average Bonchev–Trinajstić information content (AvgIpc) is 2.94. The molecular weight excluding hydrogens is 194 g/mol. The third kappa shape index (κ3) is 1.96. The number of likely N-dealkylation sites (N-methyl/N-ethyl adjacent to an activating group) is 1. The van der Waals surface area contributed by atoms with Crippen LogP contribution in [0.4, 0.5) is 0 Å². The van der Waals surface area contributed by atoms with Crippen LogP contribution in [0.2, 0.25) is 0 Å². The summed E-state index contributed by atoms with van der Waals surface area (Å²) in [7, 11) is 1.99. The van der Waals surface area contributed by atoms with E-state index in [4.69, 9.17) is 0 Å². The standard InChI is InChI=1S/C10H17N3S/c1-6(7(2)11-3)10-12-9(13-14-10)8-4-5-8/h6-8,11H,4-5H2,1-3H3. The maximum absolute atomic E-state index is 4.61. The Bertz CT molecular complexity index is 306. The Labute approximate surface area is 89.1 Å². The number of nitrogens with one attached hydrogen (secondary N) is 1. The molecule has 0 bridgehead atoms. The summed E-state index contributed by atoms with van der Waals surface area (Å²) in [5, 5.41) is 4.43. The Morgan fingerprint density at radius 1 is 1.43 bits per heavy atom. The molecule has 0 radical (unpaired) electrons. The van der Waals surface area contributed by atoms with Crippen LogP contribution in [0.5, 0.6) is 0 Å². The van der Waals surface area contributed by atoms with Crippen LogP contribution in [0, 0.1) is 0 Å². The van der Waals surface area contributed by atoms with Crippen molar-refractivity contribution in [3.8, 4) is 0 Å². The van der Waals surface area contributed by atoms with Gasteiger partial charge in [0.15, 0.2) is 0 Å². The van der Waals surface area contributed by atoms with Gasteiger partial charge in [-0.3, -0.25) is 0 Å². The van der Waals surface area contributed by atoms with Crippen molar-refractivity contribution in [2.24, 2.45) is 0 Å². The Kier molecular flexibility index (Phi) is 2.83. The molecule has 78 valence electrons. The topological polar surface area (TPSA) is 37.8 Å². The summed E-state index contributed by atoms with van der Waals surface area (Å²) in [5.74, 6) is 2.22. The van der Waals surface area contributed by atoms with E-state index in [1.807, 2.05) is 7.05 Å². The summed E-state index contributed by atoms with van der Waals surface area (Å²) in [6.45, 7) is 4.39. The van der Waals surface area contributed by atoms with E-state index in [-0.39, 0.29) is 0 Å². The van der Waals surface area contributed by atoms with E-state index in [1.54, 1.807) is 11.5 Å². The van der Waals surface area contributed by atoms with Crippen LogP contribution >= 0.6 is 11.5 Å². The lowest BCUT2D eigenvalue weighted by Crippen LogP contribution is -2.27. The predicted molar refractivity (Wildman–Crippen MR) is 58.8 cm³/mol. The van der Waals surface area contributed by atoms with Crippen molar-refractivity contribution in [2.45, 2.75) is 44.6 Å². The fourth-order valence-electron chi connectivity index (χ4n) is 1.40. The van der Waals surface area contributed by atoms with Gasteiger partial charge in [-0.05, 0) is 38.3 Å². The van der Waals surface area contributed by atoms with Gasteiger partial charge in [0.2, 0.25) is 0 Å². The van der Waals surface area contributed by atoms with Gasteiger partial charge in [-0.1, -0.05) is 6.92 Å². The maximum Gasteiger partial charge on any atom is 0.145 e. The van der Waals surface area contributed by atoms with Crippen molar-refractivity contribution in [1.29, 1.82) is 0 Å². The number of rotatable bonds is 4. The first-order chi connectivity index (χ1) is 6.72. The van der Waals surface area contributed by atoms with Gasteiger partial charge in [0.05, 0.1) is 0 Å². The van der Waals surface area contributed by atoms with Gasteiger partial charge in [-0.25, -0.2) is 4.98 Å². The highest BCUT2D eigenvalue weighted by atomic mass is 32.1. The summed E-state index contributed by atoms with van der Waals surface area (Å²) in [6.07, 6.45) is 2.57. The Morgan fingerprint density at radius 2 is 2.14 bits per heavy atom. The van der Waals surface area contributed by atoms with Crippen LogP contribution in [0.3, 0.4) is 0 Å². The molecule has 1 aromatic rings. The third-order valence-corrected chi connectivity index (χ3v) is 3.92. The zero-order valence-electron chi connectivity index (χ0n) is 8.95. The van der Waals surface area contributed by atoms with Gasteiger partial charge in [0, 0.05) is 17.9 Å². The predicted octanol–water partition coefficient (Wildman–Crippen LogP) is 2.13. The van der Waals surface area contributed by atoms with Crippen LogP contribution in [-0.4, -0.2) is 22.4 Å². The molecule has 0 spiro atoms. The molecule has 1 heterocycles. The van der Waals surface area contributed by atoms with Crippen molar-refractivity contribution >= 4 is 11.5 Å². The van der Waals surface area contributed by atoms with Crippen LogP contribution in [-0.2, 0) is 0 Å². The number of nitrogens with zero attached hydrogens (tertiary/aromatic N) is 2. The van der Waals surface area contributed by atoms with Crippen LogP contribution in [0.25, 0.3) is 0 Å². The first-order valence-corrected chi connectivity index (χ1v) is 6.00. The minimum atomic E-state index is 0.463. The lowest BCUT2D eigenvalue weighted by atomic mass is 10.1. The van der Waals surface area contributed by atoms with Crippen molar-refractivity contribution in [1.82, 2.24) is 14.7 Å². The molecule has 14 heavy (non-hydrogen) atoms. The van der Waals surface area contributed by atoms with E-state index in [2.05, 4.69) is 28.5 Å². The van der Waals surface area contributed by atoms with Gasteiger partial charge in [0.1, 0.15) is 10.8 Å². The fourth-order valence-corrected chi connectivity index (χ4v) is 2.29. The highest BCUT2D eigenvalue weighted by Gasteiger charge is 2.29. The smallest absolute Gasteiger partial charge is 0.145 e. The minimum Gasteiger partial charge on any atom is -0.317 e. The third-order valence-electron chi connectivity index (χ3n) is 2.99. The van der Waals surface area contributed by atoms with Crippen LogP contribution in [0.15, 0.2) is 0 Å². The molecule has 2 atom stereocenters. The average molecular weight is 211 g/mol. The lowest BCUT2D eigenvalue weighted by molar-refractivity contribution is 0.521. The Hall–Kier alpha value is -0.480. The highest BCUT2D eigenvalue weighted by Crippen LogP contribution is 2.39. The Morgan fingerprint density at radius 3 is 2.71 bits per heavy atom. The molecule has 3 nitrogen and oxygen atoms in total. The molecule has 0 amide bonds. The summed E-state index contributed by atoms with van der Waals surface area (Å²) >= 11 is 1.57. The van der Waals surface area contributed by atoms with E-state index in [1.165, 1.54) is 17.8 Å². The monoisotopic (exact) mass is 211 g/mol. The van der Waals surface area contributed by atoms with E-state index in [0.717, 1.165) is 5.82 Å². The summed E-state index contributed by atoms with van der Waals surface area (Å²) in [6, 6.07) is 0.468. The van der Waals surface area contributed by atoms with Crippen LogP contribution < -0.4 is 5.32 Å². The van der Waals surface area contributed by atoms with Gasteiger partial charge in [-0.15, -0.1) is 0 Å². The molecule has 1 aromatic heterocycles. The van der Waals surface area contributed by atoms with Gasteiger partial charge in [-0.2, -0.15) is 4.37 Å². The van der Waals surface area contributed by atoms with E-state index in [9.17, 15) is 0 Å². The molecule has 0 aliphatic heterocycles. The Balaban J connectivity index is 2.07. The van der Waals surface area contributed by atoms with E-state index in [0.29, 0.717) is 17.9 Å². The normalized spacial score (nSPS) is 20.8. The summed E-state index contributed by atoms with van der Waals surface area (Å²) in [5.41, 5.74) is 0. The second-order valence-corrected chi connectivity index (χ2v) is 4.91. The molecule has 2 rings (SSSR count). The molecule has 0 saturated heterocycles. The van der Waals surface area contributed by atoms with Crippen molar-refractivity contribution in [3.63, 3.8) is 0 Å². The summed E-state index contributed by atoms with van der Waals surface area (Å²) in [4.78, 5) is 4.61. The molecule has 4 heteroatoms. The number of aromatic nitrogens is 2. The van der Waals surface area contributed by atoms with Gasteiger partial charge < -0.3 is 5.32 Å². The van der Waals surface area contributed by atoms with E-state index >= 15 is 0 Å². The first-order valence-electron chi connectivity index (χ1n) is 5.23. The maximum atomic E-state index is 4.61. The van der Waals surface area contributed by atoms with Crippen molar-refractivity contribution < 1.29 is 0 Å². The zero-order valence-corrected chi connectivity index (χ0v) is 9.77. The first kappa shape index (κ1) is 10.1. The molecule has 0 aromatic carbocycles. The molecule has 1 N–H and O–H groups in total. The molecule has 1 aliphatic carbocycles. The minimum absolute atomic E-state index is 0.463. The largest absolute Gasteiger partial charge is 0.317 e. The summed E-state index contributed by atoms with van der Waals surface area (Å²) < 4.78 is 4.42. The fraction of sp³-hybridized carbons (Fsp3) is 0.800. The second-order valence-electron chi connectivity index (χ2n) is 4.13. The van der Waals surface area contributed by atoms with Crippen molar-refractivity contribution in [2.75, 3.05) is 7.05 Å². The highest BCUT2D eigenvalue weighted by molar-refractivity contribution is 7.05. The molecular formula is C10H17N3S. The lowest BCUT2D eigenvalue weighted by Gasteiger charge is -2.15. The SMILES string of the molecule is CNC(C)C(C)c1nc(C2CC2)ns1. The van der Waals surface area contributed by atoms with Crippen LogP contribution in [0.1, 0.15) is 49.4 Å². The number of hydrogen-bond donors (Lipinski definition) is 1. The number of hydrogen-bond acceptors (Lipinski definition) is 4. The van der Waals surface area contributed by atoms with Crippen molar-refractivity contribution in [3.05, 3.63) is 10.8 Å². The molecule has 1 saturated carbocycles. The van der Waals surface area contributed by atoms with E-state index < -0.39 is 0 Å². The molecule has 1 aliphatic rings.